The van der Waals surface area contributed by atoms with E-state index < -0.39 is 23.6 Å². The number of alkyl halides is 3. The van der Waals surface area contributed by atoms with Gasteiger partial charge in [-0.15, -0.1) is 22.7 Å². The van der Waals surface area contributed by atoms with Crippen molar-refractivity contribution in [3.05, 3.63) is 76.0 Å². The molecular formula is C21H12F3NO3S2. The number of aromatic carboxylic acids is 1. The fourth-order valence-corrected chi connectivity index (χ4v) is 4.89. The van der Waals surface area contributed by atoms with Gasteiger partial charge in [-0.2, -0.15) is 13.2 Å². The number of carboxylic acids is 1. The molecule has 1 amide bonds. The molecule has 9 heteroatoms. The highest BCUT2D eigenvalue weighted by atomic mass is 32.1. The van der Waals surface area contributed by atoms with Crippen LogP contribution in [0.15, 0.2) is 60.0 Å². The zero-order valence-electron chi connectivity index (χ0n) is 15.0. The minimum Gasteiger partial charge on any atom is -0.478 e. The first-order valence-corrected chi connectivity index (χ1v) is 10.3. The SMILES string of the molecule is O=C(Nc1scc(-c2ccc(C(F)(F)F)cc2)c1C(=O)O)c1cc2ccccc2s1. The molecule has 4 rings (SSSR count). The van der Waals surface area contributed by atoms with E-state index >= 15 is 0 Å². The Kier molecular flexibility index (Phi) is 5.08. The lowest BCUT2D eigenvalue weighted by Gasteiger charge is -2.08. The van der Waals surface area contributed by atoms with Gasteiger partial charge in [0.2, 0.25) is 0 Å². The van der Waals surface area contributed by atoms with Gasteiger partial charge in [0.1, 0.15) is 10.6 Å². The first-order chi connectivity index (χ1) is 14.2. The molecule has 152 valence electrons. The van der Waals surface area contributed by atoms with Crippen LogP contribution in [0.1, 0.15) is 25.6 Å². The number of rotatable bonds is 4. The van der Waals surface area contributed by atoms with Crippen LogP contribution in [0.25, 0.3) is 21.2 Å². The van der Waals surface area contributed by atoms with Gasteiger partial charge in [0.25, 0.3) is 5.91 Å². The van der Waals surface area contributed by atoms with E-state index in [9.17, 15) is 27.9 Å². The molecule has 0 saturated heterocycles. The average molecular weight is 447 g/mol. The maximum Gasteiger partial charge on any atom is 0.416 e. The van der Waals surface area contributed by atoms with Crippen LogP contribution in [0.5, 0.6) is 0 Å². The number of carbonyl (C=O) groups is 2. The Morgan fingerprint density at radius 2 is 1.70 bits per heavy atom. The second-order valence-electron chi connectivity index (χ2n) is 6.34. The third kappa shape index (κ3) is 3.81. The van der Waals surface area contributed by atoms with Crippen LogP contribution in [0.3, 0.4) is 0 Å². The molecule has 0 unspecified atom stereocenters. The zero-order valence-corrected chi connectivity index (χ0v) is 16.6. The van der Waals surface area contributed by atoms with Crippen LogP contribution >= 0.6 is 22.7 Å². The number of fused-ring (bicyclic) bond motifs is 1. The maximum absolute atomic E-state index is 12.8. The predicted molar refractivity (Wildman–Crippen MR) is 111 cm³/mol. The number of carbonyl (C=O) groups excluding carboxylic acids is 1. The number of benzene rings is 2. The Labute approximate surface area is 176 Å². The van der Waals surface area contributed by atoms with Crippen molar-refractivity contribution in [1.29, 1.82) is 0 Å². The van der Waals surface area contributed by atoms with Crippen molar-refractivity contribution in [3.63, 3.8) is 0 Å². The molecule has 0 aliphatic heterocycles. The van der Waals surface area contributed by atoms with E-state index in [4.69, 9.17) is 0 Å². The van der Waals surface area contributed by atoms with Crippen LogP contribution in [-0.4, -0.2) is 17.0 Å². The average Bonchev–Trinajstić information content (AvgIpc) is 3.31. The highest BCUT2D eigenvalue weighted by molar-refractivity contribution is 7.21. The molecule has 0 fully saturated rings. The first kappa shape index (κ1) is 20.1. The van der Waals surface area contributed by atoms with Gasteiger partial charge in [0.05, 0.1) is 10.4 Å². The fourth-order valence-electron chi connectivity index (χ4n) is 2.97. The number of nitrogens with one attached hydrogen (secondary N) is 1. The molecule has 4 aromatic rings. The number of halogens is 3. The Hall–Kier alpha value is -3.17. The van der Waals surface area contributed by atoms with Crippen LogP contribution in [0, 0.1) is 0 Å². The molecule has 0 aliphatic carbocycles. The van der Waals surface area contributed by atoms with Crippen molar-refractivity contribution in [3.8, 4) is 11.1 Å². The summed E-state index contributed by atoms with van der Waals surface area (Å²) in [5.74, 6) is -1.72. The smallest absolute Gasteiger partial charge is 0.416 e. The topological polar surface area (TPSA) is 66.4 Å². The number of hydrogen-bond donors (Lipinski definition) is 2. The molecule has 0 atom stereocenters. The Bertz CT molecular complexity index is 1220. The molecule has 4 nitrogen and oxygen atoms in total. The van der Waals surface area contributed by atoms with Gasteiger partial charge in [0, 0.05) is 15.6 Å². The van der Waals surface area contributed by atoms with Gasteiger partial charge >= 0.3 is 12.1 Å². The molecule has 0 radical (unpaired) electrons. The molecular weight excluding hydrogens is 435 g/mol. The van der Waals surface area contributed by atoms with E-state index in [-0.39, 0.29) is 16.1 Å². The van der Waals surface area contributed by atoms with Crippen molar-refractivity contribution in [2.75, 3.05) is 5.32 Å². The van der Waals surface area contributed by atoms with Gasteiger partial charge in [-0.05, 0) is 35.2 Å². The summed E-state index contributed by atoms with van der Waals surface area (Å²) in [6, 6.07) is 13.4. The standard InChI is InChI=1S/C21H12F3NO3S2/c22-21(23,24)13-7-5-11(6-8-13)14-10-29-19(17(14)20(27)28)25-18(26)16-9-12-3-1-2-4-15(12)30-16/h1-10H,(H,25,26)(H,27,28). The molecule has 2 aromatic heterocycles. The van der Waals surface area contributed by atoms with Crippen LogP contribution in [0.2, 0.25) is 0 Å². The summed E-state index contributed by atoms with van der Waals surface area (Å²) in [5, 5.41) is 14.8. The van der Waals surface area contributed by atoms with Crippen molar-refractivity contribution < 1.29 is 27.9 Å². The van der Waals surface area contributed by atoms with E-state index in [0.29, 0.717) is 10.4 Å². The summed E-state index contributed by atoms with van der Waals surface area (Å²) in [7, 11) is 0. The normalized spacial score (nSPS) is 11.6. The summed E-state index contributed by atoms with van der Waals surface area (Å²) in [6.45, 7) is 0. The summed E-state index contributed by atoms with van der Waals surface area (Å²) < 4.78 is 39.3. The highest BCUT2D eigenvalue weighted by Gasteiger charge is 2.30. The molecule has 30 heavy (non-hydrogen) atoms. The minimum atomic E-state index is -4.48. The molecule has 0 spiro atoms. The van der Waals surface area contributed by atoms with E-state index in [1.165, 1.54) is 28.8 Å². The van der Waals surface area contributed by atoms with Gasteiger partial charge < -0.3 is 10.4 Å². The molecule has 2 heterocycles. The maximum atomic E-state index is 12.8. The second-order valence-corrected chi connectivity index (χ2v) is 8.30. The Morgan fingerprint density at radius 3 is 2.33 bits per heavy atom. The summed E-state index contributed by atoms with van der Waals surface area (Å²) >= 11 is 2.29. The van der Waals surface area contributed by atoms with E-state index in [1.807, 2.05) is 24.3 Å². The van der Waals surface area contributed by atoms with Gasteiger partial charge in [-0.1, -0.05) is 30.3 Å². The number of amides is 1. The molecule has 2 aromatic carbocycles. The highest BCUT2D eigenvalue weighted by Crippen LogP contribution is 2.38. The molecule has 2 N–H and O–H groups in total. The van der Waals surface area contributed by atoms with E-state index in [1.54, 1.807) is 6.07 Å². The zero-order chi connectivity index (χ0) is 21.5. The van der Waals surface area contributed by atoms with Crippen molar-refractivity contribution in [2.24, 2.45) is 0 Å². The molecule has 0 bridgehead atoms. The van der Waals surface area contributed by atoms with Crippen molar-refractivity contribution >= 4 is 49.6 Å². The third-order valence-electron chi connectivity index (χ3n) is 4.40. The largest absolute Gasteiger partial charge is 0.478 e. The summed E-state index contributed by atoms with van der Waals surface area (Å²) in [5.41, 5.74) is -0.419. The monoisotopic (exact) mass is 447 g/mol. The number of thiophene rings is 2. The third-order valence-corrected chi connectivity index (χ3v) is 6.41. The van der Waals surface area contributed by atoms with Crippen LogP contribution in [-0.2, 0) is 6.18 Å². The van der Waals surface area contributed by atoms with Crippen molar-refractivity contribution in [1.82, 2.24) is 0 Å². The van der Waals surface area contributed by atoms with Crippen LogP contribution in [0.4, 0.5) is 18.2 Å². The Balaban J connectivity index is 1.65. The first-order valence-electron chi connectivity index (χ1n) is 8.56. The predicted octanol–water partition coefficient (Wildman–Crippen LogP) is 6.60. The number of anilines is 1. The lowest BCUT2D eigenvalue weighted by atomic mass is 10.0. The quantitative estimate of drug-likeness (QED) is 0.370. The van der Waals surface area contributed by atoms with Gasteiger partial charge in [-0.3, -0.25) is 4.79 Å². The van der Waals surface area contributed by atoms with E-state index in [0.717, 1.165) is 33.6 Å². The number of carboxylic acid groups (broad SMARTS) is 1. The lowest BCUT2D eigenvalue weighted by molar-refractivity contribution is -0.137. The van der Waals surface area contributed by atoms with E-state index in [2.05, 4.69) is 5.32 Å². The summed E-state index contributed by atoms with van der Waals surface area (Å²) in [4.78, 5) is 24.9. The fraction of sp³-hybridized carbons (Fsp3) is 0.0476. The van der Waals surface area contributed by atoms with Gasteiger partial charge in [0.15, 0.2) is 0 Å². The molecule has 0 saturated carbocycles. The second kappa shape index (κ2) is 7.58. The van der Waals surface area contributed by atoms with Crippen LogP contribution < -0.4 is 5.32 Å². The molecule has 0 aliphatic rings. The summed E-state index contributed by atoms with van der Waals surface area (Å²) in [6.07, 6.45) is -4.48. The lowest BCUT2D eigenvalue weighted by Crippen LogP contribution is -2.12. The number of hydrogen-bond acceptors (Lipinski definition) is 4. The Morgan fingerprint density at radius 1 is 1.00 bits per heavy atom. The van der Waals surface area contributed by atoms with Crippen molar-refractivity contribution in [2.45, 2.75) is 6.18 Å². The van der Waals surface area contributed by atoms with Gasteiger partial charge in [-0.25, -0.2) is 4.79 Å². The minimum absolute atomic E-state index is 0.125.